The molecule has 0 amide bonds. The smallest absolute Gasteiger partial charge is 0.228 e. The molecule has 0 radical (unpaired) electrons. The lowest BCUT2D eigenvalue weighted by molar-refractivity contribution is 0.122. The predicted molar refractivity (Wildman–Crippen MR) is 112 cm³/mol. The molecule has 8 heteroatoms. The third kappa shape index (κ3) is 3.54. The second kappa shape index (κ2) is 7.56. The molecule has 2 N–H and O–H groups in total. The molecule has 0 aliphatic carbocycles. The van der Waals surface area contributed by atoms with Gasteiger partial charge in [-0.1, -0.05) is 12.1 Å². The molecule has 0 bridgehead atoms. The summed E-state index contributed by atoms with van der Waals surface area (Å²) in [6.07, 6.45) is 1.75. The van der Waals surface area contributed by atoms with E-state index in [1.54, 1.807) is 12.3 Å². The van der Waals surface area contributed by atoms with Gasteiger partial charge in [-0.2, -0.15) is 4.98 Å². The summed E-state index contributed by atoms with van der Waals surface area (Å²) in [4.78, 5) is 18.3. The van der Waals surface area contributed by atoms with Gasteiger partial charge in [-0.25, -0.2) is 9.97 Å². The molecular formula is C21H22N6O2. The van der Waals surface area contributed by atoms with Crippen LogP contribution in [0, 0.1) is 0 Å². The van der Waals surface area contributed by atoms with Crippen LogP contribution < -0.4 is 20.3 Å². The minimum absolute atomic E-state index is 0.485. The number of morpholine rings is 1. The lowest BCUT2D eigenvalue weighted by Gasteiger charge is -2.32. The fourth-order valence-corrected chi connectivity index (χ4v) is 3.58. The maximum absolute atomic E-state index is 5.81. The Labute approximate surface area is 168 Å². The van der Waals surface area contributed by atoms with Crippen LogP contribution in [0.5, 0.6) is 5.75 Å². The lowest BCUT2D eigenvalue weighted by atomic mass is 10.2. The molecule has 5 rings (SSSR count). The minimum atomic E-state index is 0.485. The highest BCUT2D eigenvalue weighted by Gasteiger charge is 2.23. The van der Waals surface area contributed by atoms with Crippen LogP contribution in [0.4, 0.5) is 23.3 Å². The second-order valence-corrected chi connectivity index (χ2v) is 6.95. The van der Waals surface area contributed by atoms with Gasteiger partial charge >= 0.3 is 0 Å². The first-order valence-corrected chi connectivity index (χ1v) is 9.71. The van der Waals surface area contributed by atoms with Crippen molar-refractivity contribution in [1.82, 2.24) is 15.0 Å². The van der Waals surface area contributed by atoms with Gasteiger partial charge in [-0.15, -0.1) is 0 Å². The van der Waals surface area contributed by atoms with E-state index in [9.17, 15) is 0 Å². The van der Waals surface area contributed by atoms with Gasteiger partial charge in [0.05, 0.1) is 31.1 Å². The summed E-state index contributed by atoms with van der Waals surface area (Å²) in [7, 11) is 0. The molecule has 8 nitrogen and oxygen atoms in total. The van der Waals surface area contributed by atoms with Gasteiger partial charge in [-0.05, 0) is 24.3 Å². The standard InChI is InChI=1S/C21H22N6O2/c22-19-6-5-15(14-23-19)16-13-20(25-21(24-16)26-7-10-28-11-8-26)27-9-12-29-18-4-2-1-3-17(18)27/h1-6,13-14H,7-12H2,(H2,22,23). The zero-order chi connectivity index (χ0) is 19.6. The molecule has 3 aromatic rings. The molecule has 1 aromatic carbocycles. The summed E-state index contributed by atoms with van der Waals surface area (Å²) >= 11 is 0. The number of para-hydroxylation sites is 2. The van der Waals surface area contributed by atoms with E-state index < -0.39 is 0 Å². The number of aromatic nitrogens is 3. The van der Waals surface area contributed by atoms with Crippen molar-refractivity contribution >= 4 is 23.3 Å². The highest BCUT2D eigenvalue weighted by molar-refractivity contribution is 5.72. The first-order chi connectivity index (χ1) is 14.3. The first-order valence-electron chi connectivity index (χ1n) is 9.71. The predicted octanol–water partition coefficient (Wildman–Crippen LogP) is 2.49. The van der Waals surface area contributed by atoms with Gasteiger partial charge in [0.2, 0.25) is 5.95 Å². The van der Waals surface area contributed by atoms with E-state index in [1.165, 1.54) is 0 Å². The van der Waals surface area contributed by atoms with Gasteiger partial charge in [0.25, 0.3) is 0 Å². The summed E-state index contributed by atoms with van der Waals surface area (Å²) in [5.41, 5.74) is 8.48. The third-order valence-corrected chi connectivity index (χ3v) is 5.08. The Morgan fingerprint density at radius 1 is 0.931 bits per heavy atom. The fraction of sp³-hybridized carbons (Fsp3) is 0.286. The van der Waals surface area contributed by atoms with E-state index in [0.29, 0.717) is 31.6 Å². The van der Waals surface area contributed by atoms with E-state index in [-0.39, 0.29) is 0 Å². The zero-order valence-corrected chi connectivity index (χ0v) is 16.0. The van der Waals surface area contributed by atoms with Crippen molar-refractivity contribution in [3.8, 4) is 17.0 Å². The number of hydrogen-bond donors (Lipinski definition) is 1. The minimum Gasteiger partial charge on any atom is -0.490 e. The van der Waals surface area contributed by atoms with E-state index in [0.717, 1.165) is 48.1 Å². The van der Waals surface area contributed by atoms with Crippen molar-refractivity contribution in [1.29, 1.82) is 0 Å². The Hall–Kier alpha value is -3.39. The van der Waals surface area contributed by atoms with Crippen LogP contribution in [0.2, 0.25) is 0 Å². The number of nitrogen functional groups attached to an aromatic ring is 1. The second-order valence-electron chi connectivity index (χ2n) is 6.95. The number of hydrogen-bond acceptors (Lipinski definition) is 8. The summed E-state index contributed by atoms with van der Waals surface area (Å²) < 4.78 is 11.3. The van der Waals surface area contributed by atoms with E-state index in [1.807, 2.05) is 30.3 Å². The molecule has 0 atom stereocenters. The van der Waals surface area contributed by atoms with Gasteiger partial charge < -0.3 is 25.0 Å². The molecule has 148 valence electrons. The van der Waals surface area contributed by atoms with E-state index in [2.05, 4.69) is 20.9 Å². The highest BCUT2D eigenvalue weighted by atomic mass is 16.5. The van der Waals surface area contributed by atoms with Crippen molar-refractivity contribution in [3.63, 3.8) is 0 Å². The Morgan fingerprint density at radius 3 is 2.62 bits per heavy atom. The summed E-state index contributed by atoms with van der Waals surface area (Å²) in [6, 6.07) is 13.7. The number of rotatable bonds is 3. The zero-order valence-electron chi connectivity index (χ0n) is 16.0. The number of nitrogens with two attached hydrogens (primary N) is 1. The summed E-state index contributed by atoms with van der Waals surface area (Å²) in [6.45, 7) is 4.20. The van der Waals surface area contributed by atoms with Gasteiger partial charge in [-0.3, -0.25) is 0 Å². The topological polar surface area (TPSA) is 89.6 Å². The third-order valence-electron chi connectivity index (χ3n) is 5.08. The van der Waals surface area contributed by atoms with Crippen LogP contribution in [0.1, 0.15) is 0 Å². The van der Waals surface area contributed by atoms with Crippen molar-refractivity contribution < 1.29 is 9.47 Å². The maximum Gasteiger partial charge on any atom is 0.228 e. The Kier molecular flexibility index (Phi) is 4.61. The van der Waals surface area contributed by atoms with Crippen LogP contribution >= 0.6 is 0 Å². The van der Waals surface area contributed by atoms with Crippen molar-refractivity contribution in [2.75, 3.05) is 55.0 Å². The van der Waals surface area contributed by atoms with Crippen LogP contribution in [0.3, 0.4) is 0 Å². The van der Waals surface area contributed by atoms with Gasteiger partial charge in [0, 0.05) is 30.9 Å². The number of benzene rings is 1. The van der Waals surface area contributed by atoms with Crippen molar-refractivity contribution in [3.05, 3.63) is 48.7 Å². The Bertz CT molecular complexity index is 1000. The molecule has 4 heterocycles. The fourth-order valence-electron chi connectivity index (χ4n) is 3.58. The molecule has 29 heavy (non-hydrogen) atoms. The molecule has 2 aliphatic heterocycles. The number of ether oxygens (including phenoxy) is 2. The van der Waals surface area contributed by atoms with E-state index >= 15 is 0 Å². The monoisotopic (exact) mass is 390 g/mol. The molecule has 0 spiro atoms. The molecule has 2 aromatic heterocycles. The Balaban J connectivity index is 1.61. The molecule has 1 saturated heterocycles. The normalized spacial score (nSPS) is 16.3. The van der Waals surface area contributed by atoms with Crippen molar-refractivity contribution in [2.45, 2.75) is 0 Å². The quantitative estimate of drug-likeness (QED) is 0.730. The first kappa shape index (κ1) is 17.7. The Morgan fingerprint density at radius 2 is 1.79 bits per heavy atom. The highest BCUT2D eigenvalue weighted by Crippen LogP contribution is 2.37. The number of anilines is 4. The van der Waals surface area contributed by atoms with Crippen LogP contribution in [0.25, 0.3) is 11.3 Å². The molecule has 0 unspecified atom stereocenters. The number of fused-ring (bicyclic) bond motifs is 1. The molecule has 2 aliphatic rings. The largest absolute Gasteiger partial charge is 0.490 e. The lowest BCUT2D eigenvalue weighted by Crippen LogP contribution is -2.38. The van der Waals surface area contributed by atoms with Crippen molar-refractivity contribution in [2.24, 2.45) is 0 Å². The SMILES string of the molecule is Nc1ccc(-c2cc(N3CCOc4ccccc43)nc(N3CCOCC3)n2)cn1. The maximum atomic E-state index is 5.81. The van der Waals surface area contributed by atoms with Gasteiger partial charge in [0.1, 0.15) is 24.0 Å². The molecule has 0 saturated carbocycles. The van der Waals surface area contributed by atoms with Crippen LogP contribution in [-0.2, 0) is 4.74 Å². The number of pyridine rings is 1. The summed E-state index contributed by atoms with van der Waals surface area (Å²) in [5.74, 6) is 2.88. The van der Waals surface area contributed by atoms with Crippen LogP contribution in [-0.4, -0.2) is 54.4 Å². The average Bonchev–Trinajstić information content (AvgIpc) is 2.79. The van der Waals surface area contributed by atoms with E-state index in [4.69, 9.17) is 25.2 Å². The average molecular weight is 390 g/mol. The van der Waals surface area contributed by atoms with Crippen LogP contribution in [0.15, 0.2) is 48.7 Å². The molecular weight excluding hydrogens is 368 g/mol. The van der Waals surface area contributed by atoms with Gasteiger partial charge in [0.15, 0.2) is 0 Å². The molecule has 1 fully saturated rings. The summed E-state index contributed by atoms with van der Waals surface area (Å²) in [5, 5.41) is 0. The number of nitrogens with zero attached hydrogens (tertiary/aromatic N) is 5.